The molecule has 0 radical (unpaired) electrons. The van der Waals surface area contributed by atoms with Gasteiger partial charge in [-0.25, -0.2) is 9.59 Å². The van der Waals surface area contributed by atoms with Gasteiger partial charge in [0.2, 0.25) is 0 Å². The molecule has 1 aromatic heterocycles. The van der Waals surface area contributed by atoms with Gasteiger partial charge in [-0.15, -0.1) is 11.3 Å². The van der Waals surface area contributed by atoms with Crippen LogP contribution in [0.1, 0.15) is 26.4 Å². The fraction of sp³-hybridized carbons (Fsp3) is 0.182. The van der Waals surface area contributed by atoms with E-state index in [4.69, 9.17) is 9.84 Å². The Morgan fingerprint density at radius 1 is 1.09 bits per heavy atom. The quantitative estimate of drug-likeness (QED) is 0.406. The first kappa shape index (κ1) is 23.1. The Hall–Kier alpha value is -3.53. The number of hydrogen-bond donors (Lipinski definition) is 3. The summed E-state index contributed by atoms with van der Waals surface area (Å²) in [5, 5.41) is 21.2. The highest BCUT2D eigenvalue weighted by Crippen LogP contribution is 2.42. The predicted octanol–water partition coefficient (Wildman–Crippen LogP) is 5.52. The van der Waals surface area contributed by atoms with E-state index in [1.807, 2.05) is 0 Å². The summed E-state index contributed by atoms with van der Waals surface area (Å²) in [6.45, 7) is 0.878. The zero-order valence-corrected chi connectivity index (χ0v) is 17.5. The molecule has 3 aromatic rings. The number of benzene rings is 2. The Balaban J connectivity index is 1.88. The van der Waals surface area contributed by atoms with Gasteiger partial charge in [-0.3, -0.25) is 0 Å². The van der Waals surface area contributed by atoms with Gasteiger partial charge in [-0.05, 0) is 36.2 Å². The molecule has 0 saturated heterocycles. The van der Waals surface area contributed by atoms with Gasteiger partial charge in [0.25, 0.3) is 0 Å². The van der Waals surface area contributed by atoms with Crippen molar-refractivity contribution in [2.75, 3.05) is 11.9 Å². The van der Waals surface area contributed by atoms with E-state index in [0.29, 0.717) is 21.7 Å². The second-order valence-corrected chi connectivity index (χ2v) is 7.81. The Kier molecular flexibility index (Phi) is 6.73. The zero-order chi connectivity index (χ0) is 23.5. The van der Waals surface area contributed by atoms with Gasteiger partial charge in [-0.2, -0.15) is 13.2 Å². The van der Waals surface area contributed by atoms with E-state index in [1.165, 1.54) is 18.2 Å². The summed E-state index contributed by atoms with van der Waals surface area (Å²) >= 11 is 0.934. The highest BCUT2D eigenvalue weighted by atomic mass is 32.1. The van der Waals surface area contributed by atoms with E-state index in [0.717, 1.165) is 17.4 Å². The molecule has 0 spiro atoms. The average molecular weight is 465 g/mol. The smallest absolute Gasteiger partial charge is 0.416 e. The number of carboxylic acids is 2. The molecular formula is C22H18F3NO5S. The lowest BCUT2D eigenvalue weighted by Gasteiger charge is -2.14. The Labute approximate surface area is 184 Å². The number of anilines is 1. The van der Waals surface area contributed by atoms with Crippen molar-refractivity contribution in [1.82, 2.24) is 0 Å². The van der Waals surface area contributed by atoms with Crippen molar-refractivity contribution < 1.29 is 37.7 Å². The van der Waals surface area contributed by atoms with Crippen LogP contribution in [0.4, 0.5) is 18.9 Å². The monoisotopic (exact) mass is 465 g/mol. The van der Waals surface area contributed by atoms with E-state index in [2.05, 4.69) is 5.32 Å². The fourth-order valence-corrected chi connectivity index (χ4v) is 4.23. The third kappa shape index (κ3) is 5.20. The van der Waals surface area contributed by atoms with Gasteiger partial charge in [0.05, 0.1) is 5.56 Å². The average Bonchev–Trinajstić information content (AvgIpc) is 3.07. The molecule has 0 amide bonds. The third-order valence-corrected chi connectivity index (χ3v) is 5.87. The molecule has 3 rings (SSSR count). The third-order valence-electron chi connectivity index (χ3n) is 4.56. The van der Waals surface area contributed by atoms with Crippen LogP contribution in [-0.4, -0.2) is 28.8 Å². The molecule has 3 N–H and O–H groups in total. The molecule has 0 fully saturated rings. The highest BCUT2D eigenvalue weighted by molar-refractivity contribution is 7.18. The molecule has 32 heavy (non-hydrogen) atoms. The lowest BCUT2D eigenvalue weighted by Crippen LogP contribution is -2.11. The highest BCUT2D eigenvalue weighted by Gasteiger charge is 2.32. The molecule has 10 heteroatoms. The van der Waals surface area contributed by atoms with Crippen LogP contribution in [0.2, 0.25) is 0 Å². The Morgan fingerprint density at radius 2 is 1.81 bits per heavy atom. The van der Waals surface area contributed by atoms with E-state index >= 15 is 0 Å². The second-order valence-electron chi connectivity index (χ2n) is 6.79. The number of nitrogens with one attached hydrogen (secondary N) is 1. The Bertz CT molecular complexity index is 1160. The maximum Gasteiger partial charge on any atom is 0.416 e. The van der Waals surface area contributed by atoms with Gasteiger partial charge in [-0.1, -0.05) is 30.3 Å². The van der Waals surface area contributed by atoms with Crippen molar-refractivity contribution >= 4 is 29.0 Å². The molecule has 0 atom stereocenters. The van der Waals surface area contributed by atoms with Crippen LogP contribution < -0.4 is 10.1 Å². The maximum absolute atomic E-state index is 13.2. The number of halogens is 3. The number of aromatic carboxylic acids is 1. The molecule has 0 bridgehead atoms. The predicted molar refractivity (Wildman–Crippen MR) is 113 cm³/mol. The minimum Gasteiger partial charge on any atom is -0.480 e. The molecule has 0 saturated carbocycles. The number of thiophene rings is 1. The fourth-order valence-electron chi connectivity index (χ4n) is 3.14. The minimum absolute atomic E-state index is 0.0163. The summed E-state index contributed by atoms with van der Waals surface area (Å²) in [5.74, 6) is -2.50. The van der Waals surface area contributed by atoms with Gasteiger partial charge >= 0.3 is 18.1 Å². The summed E-state index contributed by atoms with van der Waals surface area (Å²) in [7, 11) is 0. The molecule has 1 heterocycles. The van der Waals surface area contributed by atoms with Gasteiger partial charge in [0.1, 0.15) is 5.75 Å². The van der Waals surface area contributed by atoms with Crippen molar-refractivity contribution in [3.05, 3.63) is 70.1 Å². The van der Waals surface area contributed by atoms with Gasteiger partial charge < -0.3 is 20.3 Å². The second kappa shape index (κ2) is 9.31. The topological polar surface area (TPSA) is 95.9 Å². The number of aliphatic carboxylic acids is 1. The van der Waals surface area contributed by atoms with Crippen molar-refractivity contribution in [3.8, 4) is 16.2 Å². The Morgan fingerprint density at radius 3 is 2.47 bits per heavy atom. The van der Waals surface area contributed by atoms with Crippen molar-refractivity contribution in [1.29, 1.82) is 0 Å². The standard InChI is InChI=1S/C22H18F3NO5S/c1-12-18(31-11-17(27)28)20(21(29)30)32-19(12)13-6-4-7-15(9-13)26-10-14-5-2-3-8-16(14)22(23,24)25/h2-9,26H,10-11H2,1H3,(H,27,28)(H,29,30). The number of ether oxygens (including phenoxy) is 1. The van der Waals surface area contributed by atoms with Gasteiger partial charge in [0, 0.05) is 22.7 Å². The van der Waals surface area contributed by atoms with Crippen LogP contribution in [0.5, 0.6) is 5.75 Å². The van der Waals surface area contributed by atoms with E-state index in [-0.39, 0.29) is 22.7 Å². The van der Waals surface area contributed by atoms with Crippen LogP contribution in [0.25, 0.3) is 10.4 Å². The lowest BCUT2D eigenvalue weighted by atomic mass is 10.1. The molecule has 0 aliphatic rings. The first-order valence-corrected chi connectivity index (χ1v) is 10.1. The van der Waals surface area contributed by atoms with Crippen molar-refractivity contribution in [3.63, 3.8) is 0 Å². The molecule has 0 aliphatic carbocycles. The first-order valence-electron chi connectivity index (χ1n) is 9.28. The molecular weight excluding hydrogens is 447 g/mol. The largest absolute Gasteiger partial charge is 0.480 e. The molecule has 2 aromatic carbocycles. The first-order chi connectivity index (χ1) is 15.1. The van der Waals surface area contributed by atoms with E-state index < -0.39 is 30.3 Å². The normalized spacial score (nSPS) is 11.2. The summed E-state index contributed by atoms with van der Waals surface area (Å²) in [6, 6.07) is 12.1. The van der Waals surface area contributed by atoms with Crippen LogP contribution in [0.3, 0.4) is 0 Å². The van der Waals surface area contributed by atoms with Crippen molar-refractivity contribution in [2.24, 2.45) is 0 Å². The van der Waals surface area contributed by atoms with Crippen molar-refractivity contribution in [2.45, 2.75) is 19.6 Å². The molecule has 168 valence electrons. The number of rotatable bonds is 8. The van der Waals surface area contributed by atoms with Crippen LogP contribution in [-0.2, 0) is 17.5 Å². The van der Waals surface area contributed by atoms with Gasteiger partial charge in [0.15, 0.2) is 11.5 Å². The zero-order valence-electron chi connectivity index (χ0n) is 16.7. The number of carbonyl (C=O) groups is 2. The summed E-state index contributed by atoms with van der Waals surface area (Å²) in [6.07, 6.45) is -4.46. The molecule has 6 nitrogen and oxygen atoms in total. The summed E-state index contributed by atoms with van der Waals surface area (Å²) in [4.78, 5) is 22.8. The number of hydrogen-bond acceptors (Lipinski definition) is 5. The minimum atomic E-state index is -4.46. The summed E-state index contributed by atoms with van der Waals surface area (Å²) in [5.41, 5.74) is 0.999. The van der Waals surface area contributed by atoms with E-state index in [9.17, 15) is 27.9 Å². The SMILES string of the molecule is Cc1c(-c2cccc(NCc3ccccc3C(F)(F)F)c2)sc(C(=O)O)c1OCC(=O)O. The van der Waals surface area contributed by atoms with Crippen LogP contribution >= 0.6 is 11.3 Å². The van der Waals surface area contributed by atoms with Crippen LogP contribution in [0.15, 0.2) is 48.5 Å². The number of carboxylic acid groups (broad SMARTS) is 2. The number of alkyl halides is 3. The van der Waals surface area contributed by atoms with Crippen LogP contribution in [0, 0.1) is 6.92 Å². The molecule has 0 aliphatic heterocycles. The molecule has 0 unspecified atom stereocenters. The maximum atomic E-state index is 13.2. The summed E-state index contributed by atoms with van der Waals surface area (Å²) < 4.78 is 44.8. The van der Waals surface area contributed by atoms with E-state index in [1.54, 1.807) is 31.2 Å². The lowest BCUT2D eigenvalue weighted by molar-refractivity contribution is -0.139.